The lowest BCUT2D eigenvalue weighted by molar-refractivity contribution is 0.198. The normalized spacial score (nSPS) is 15.3. The fourth-order valence-electron chi connectivity index (χ4n) is 4.75. The third-order valence-electron chi connectivity index (χ3n) is 6.40. The number of piperazine rings is 1. The van der Waals surface area contributed by atoms with Gasteiger partial charge in [0.15, 0.2) is 0 Å². The Morgan fingerprint density at radius 1 is 0.909 bits per heavy atom. The highest BCUT2D eigenvalue weighted by Gasteiger charge is 2.27. The molecule has 2 aromatic heterocycles. The molecule has 5 rings (SSSR count). The molecule has 0 radical (unpaired) electrons. The van der Waals surface area contributed by atoms with Crippen LogP contribution < -0.4 is 10.1 Å². The zero-order valence-corrected chi connectivity index (χ0v) is 19.2. The SMILES string of the molecule is COc1cccc(C(c2cc(-c3ccccc3C)n(-c3ccccn3)c2)N2CCNCC2)c1. The minimum absolute atomic E-state index is 0.134. The van der Waals surface area contributed by atoms with E-state index in [9.17, 15) is 0 Å². The fourth-order valence-corrected chi connectivity index (χ4v) is 4.75. The van der Waals surface area contributed by atoms with Crippen molar-refractivity contribution in [1.82, 2.24) is 19.8 Å². The first-order chi connectivity index (χ1) is 16.2. The number of rotatable bonds is 6. The molecule has 33 heavy (non-hydrogen) atoms. The third kappa shape index (κ3) is 4.42. The van der Waals surface area contributed by atoms with Crippen LogP contribution in [0.2, 0.25) is 0 Å². The molecule has 0 saturated carbocycles. The van der Waals surface area contributed by atoms with Gasteiger partial charge in [0.05, 0.1) is 18.8 Å². The minimum atomic E-state index is 0.134. The molecule has 1 aliphatic heterocycles. The van der Waals surface area contributed by atoms with E-state index in [1.807, 2.05) is 24.4 Å². The molecule has 0 bridgehead atoms. The zero-order valence-electron chi connectivity index (χ0n) is 19.2. The topological polar surface area (TPSA) is 42.3 Å². The number of benzene rings is 2. The maximum absolute atomic E-state index is 5.57. The second kappa shape index (κ2) is 9.61. The molecular weight excluding hydrogens is 408 g/mol. The number of hydrogen-bond donors (Lipinski definition) is 1. The Hall–Kier alpha value is -3.41. The molecule has 168 valence electrons. The number of nitrogens with one attached hydrogen (secondary N) is 1. The molecule has 4 aromatic rings. The Bertz CT molecular complexity index is 1210. The Morgan fingerprint density at radius 2 is 1.73 bits per heavy atom. The molecule has 5 nitrogen and oxygen atoms in total. The van der Waals surface area contributed by atoms with Crippen molar-refractivity contribution in [2.24, 2.45) is 0 Å². The molecular formula is C28H30N4O. The van der Waals surface area contributed by atoms with Gasteiger partial charge in [-0.3, -0.25) is 4.90 Å². The average Bonchev–Trinajstić information content (AvgIpc) is 3.30. The molecule has 5 heteroatoms. The molecule has 1 unspecified atom stereocenters. The molecule has 1 atom stereocenters. The monoisotopic (exact) mass is 438 g/mol. The summed E-state index contributed by atoms with van der Waals surface area (Å²) < 4.78 is 7.79. The summed E-state index contributed by atoms with van der Waals surface area (Å²) in [7, 11) is 1.73. The predicted octanol–water partition coefficient (Wildman–Crippen LogP) is 4.85. The smallest absolute Gasteiger partial charge is 0.137 e. The molecule has 2 aromatic carbocycles. The van der Waals surface area contributed by atoms with Gasteiger partial charge in [-0.25, -0.2) is 4.98 Å². The number of nitrogens with zero attached hydrogens (tertiary/aromatic N) is 3. The maximum atomic E-state index is 5.57. The van der Waals surface area contributed by atoms with Crippen LogP contribution in [0.5, 0.6) is 5.75 Å². The molecule has 1 saturated heterocycles. The highest BCUT2D eigenvalue weighted by Crippen LogP contribution is 2.36. The van der Waals surface area contributed by atoms with E-state index in [4.69, 9.17) is 4.74 Å². The standard InChI is InChI=1S/C28H30N4O/c1-21-8-3-4-11-25(21)26-19-23(20-32(26)27-12-5-6-13-30-27)28(31-16-14-29-15-17-31)22-9-7-10-24(18-22)33-2/h3-13,18-20,28-29H,14-17H2,1-2H3. The van der Waals surface area contributed by atoms with Crippen LogP contribution in [0.25, 0.3) is 17.1 Å². The summed E-state index contributed by atoms with van der Waals surface area (Å²) in [5, 5.41) is 3.49. The maximum Gasteiger partial charge on any atom is 0.137 e. The summed E-state index contributed by atoms with van der Waals surface area (Å²) in [6.45, 7) is 6.14. The van der Waals surface area contributed by atoms with Crippen LogP contribution in [0.3, 0.4) is 0 Å². The van der Waals surface area contributed by atoms with Gasteiger partial charge in [0.2, 0.25) is 0 Å². The summed E-state index contributed by atoms with van der Waals surface area (Å²) in [5.41, 5.74) is 6.13. The van der Waals surface area contributed by atoms with Gasteiger partial charge in [0.1, 0.15) is 11.6 Å². The molecule has 3 heterocycles. The Balaban J connectivity index is 1.68. The third-order valence-corrected chi connectivity index (χ3v) is 6.40. The van der Waals surface area contributed by atoms with Crippen molar-refractivity contribution >= 4 is 0 Å². The van der Waals surface area contributed by atoms with Gasteiger partial charge in [-0.1, -0.05) is 42.5 Å². The Morgan fingerprint density at radius 3 is 2.48 bits per heavy atom. The van der Waals surface area contributed by atoms with Crippen LogP contribution in [0.4, 0.5) is 0 Å². The minimum Gasteiger partial charge on any atom is -0.497 e. The highest BCUT2D eigenvalue weighted by atomic mass is 16.5. The van der Waals surface area contributed by atoms with Crippen LogP contribution in [-0.2, 0) is 0 Å². The molecule has 1 fully saturated rings. The summed E-state index contributed by atoms with van der Waals surface area (Å²) >= 11 is 0. The van der Waals surface area contributed by atoms with Crippen LogP contribution in [0.15, 0.2) is 85.2 Å². The molecule has 1 aliphatic rings. The van der Waals surface area contributed by atoms with E-state index in [0.29, 0.717) is 0 Å². The van der Waals surface area contributed by atoms with Crippen molar-refractivity contribution in [2.45, 2.75) is 13.0 Å². The van der Waals surface area contributed by atoms with Gasteiger partial charge in [-0.2, -0.15) is 0 Å². The van der Waals surface area contributed by atoms with Crippen LogP contribution in [0, 0.1) is 6.92 Å². The van der Waals surface area contributed by atoms with E-state index >= 15 is 0 Å². The number of aryl methyl sites for hydroxylation is 1. The van der Waals surface area contributed by atoms with E-state index in [1.165, 1.54) is 22.3 Å². The van der Waals surface area contributed by atoms with Crippen molar-refractivity contribution in [3.8, 4) is 22.8 Å². The van der Waals surface area contributed by atoms with Gasteiger partial charge in [0, 0.05) is 44.1 Å². The van der Waals surface area contributed by atoms with Gasteiger partial charge < -0.3 is 14.6 Å². The number of hydrogen-bond acceptors (Lipinski definition) is 4. The molecule has 1 N–H and O–H groups in total. The Kier molecular flexibility index (Phi) is 6.24. The highest BCUT2D eigenvalue weighted by molar-refractivity contribution is 5.67. The molecule has 0 aliphatic carbocycles. The van der Waals surface area contributed by atoms with Gasteiger partial charge in [-0.15, -0.1) is 0 Å². The van der Waals surface area contributed by atoms with E-state index in [1.54, 1.807) is 7.11 Å². The number of aromatic nitrogens is 2. The van der Waals surface area contributed by atoms with Crippen LogP contribution in [-0.4, -0.2) is 47.7 Å². The van der Waals surface area contributed by atoms with Crippen LogP contribution in [0.1, 0.15) is 22.7 Å². The summed E-state index contributed by atoms with van der Waals surface area (Å²) in [6.07, 6.45) is 4.11. The van der Waals surface area contributed by atoms with Crippen molar-refractivity contribution in [1.29, 1.82) is 0 Å². The summed E-state index contributed by atoms with van der Waals surface area (Å²) in [5.74, 6) is 1.81. The quantitative estimate of drug-likeness (QED) is 0.467. The van der Waals surface area contributed by atoms with Gasteiger partial charge in [-0.05, 0) is 53.9 Å². The second-order valence-electron chi connectivity index (χ2n) is 8.50. The lowest BCUT2D eigenvalue weighted by Gasteiger charge is -2.35. The van der Waals surface area contributed by atoms with E-state index in [2.05, 4.69) is 87.5 Å². The predicted molar refractivity (Wildman–Crippen MR) is 133 cm³/mol. The average molecular weight is 439 g/mol. The lowest BCUT2D eigenvalue weighted by atomic mass is 9.97. The number of pyridine rings is 1. The van der Waals surface area contributed by atoms with Crippen molar-refractivity contribution in [3.05, 3.63) is 102 Å². The Labute approximate surface area is 195 Å². The summed E-state index contributed by atoms with van der Waals surface area (Å²) in [4.78, 5) is 7.23. The second-order valence-corrected chi connectivity index (χ2v) is 8.50. The molecule has 0 amide bonds. The summed E-state index contributed by atoms with van der Waals surface area (Å²) in [6, 6.07) is 25.6. The molecule has 0 spiro atoms. The van der Waals surface area contributed by atoms with Crippen molar-refractivity contribution < 1.29 is 4.74 Å². The van der Waals surface area contributed by atoms with E-state index in [-0.39, 0.29) is 6.04 Å². The van der Waals surface area contributed by atoms with Crippen molar-refractivity contribution in [2.75, 3.05) is 33.3 Å². The van der Waals surface area contributed by atoms with E-state index < -0.39 is 0 Å². The van der Waals surface area contributed by atoms with Crippen LogP contribution >= 0.6 is 0 Å². The number of methoxy groups -OCH3 is 1. The zero-order chi connectivity index (χ0) is 22.6. The van der Waals surface area contributed by atoms with Crippen molar-refractivity contribution in [3.63, 3.8) is 0 Å². The van der Waals surface area contributed by atoms with E-state index in [0.717, 1.165) is 43.4 Å². The first-order valence-corrected chi connectivity index (χ1v) is 11.5. The lowest BCUT2D eigenvalue weighted by Crippen LogP contribution is -2.45. The van der Waals surface area contributed by atoms with Gasteiger partial charge >= 0.3 is 0 Å². The first-order valence-electron chi connectivity index (χ1n) is 11.5. The van der Waals surface area contributed by atoms with Gasteiger partial charge in [0.25, 0.3) is 0 Å². The largest absolute Gasteiger partial charge is 0.497 e. The fraction of sp³-hybridized carbons (Fsp3) is 0.250. The first kappa shape index (κ1) is 21.4. The number of ether oxygens (including phenoxy) is 1.